The number of aliphatic hydroxyl groups is 4. The predicted molar refractivity (Wildman–Crippen MR) is 65.5 cm³/mol. The third-order valence-corrected chi connectivity index (χ3v) is 2.96. The van der Waals surface area contributed by atoms with E-state index in [4.69, 9.17) is 21.4 Å². The number of urea groups is 1. The normalized spacial score (nSPS) is 33.5. The van der Waals surface area contributed by atoms with Gasteiger partial charge >= 0.3 is 6.03 Å². The first kappa shape index (κ1) is 17.0. The highest BCUT2D eigenvalue weighted by atomic mass is 35.5. The quantitative estimate of drug-likeness (QED) is 0.218. The molecule has 0 bridgehead atoms. The van der Waals surface area contributed by atoms with Crippen molar-refractivity contribution in [3.63, 3.8) is 0 Å². The molecule has 5 N–H and O–H groups in total. The van der Waals surface area contributed by atoms with Crippen molar-refractivity contribution in [2.45, 2.75) is 30.6 Å². The fourth-order valence-corrected chi connectivity index (χ4v) is 1.84. The summed E-state index contributed by atoms with van der Waals surface area (Å²) >= 11 is 5.37. The van der Waals surface area contributed by atoms with Gasteiger partial charge in [-0.1, -0.05) is 0 Å². The van der Waals surface area contributed by atoms with Crippen LogP contribution in [-0.4, -0.2) is 81.1 Å². The lowest BCUT2D eigenvalue weighted by Gasteiger charge is -2.40. The number of hydrogen-bond acceptors (Lipinski definition) is 8. The van der Waals surface area contributed by atoms with Crippen molar-refractivity contribution in [2.75, 3.05) is 19.0 Å². The minimum Gasteiger partial charge on any atom is -0.394 e. The van der Waals surface area contributed by atoms with E-state index in [1.165, 1.54) is 0 Å². The Morgan fingerprint density at radius 2 is 1.95 bits per heavy atom. The van der Waals surface area contributed by atoms with Crippen molar-refractivity contribution in [3.05, 3.63) is 4.91 Å². The molecule has 1 aliphatic heterocycles. The molecule has 0 spiro atoms. The molecule has 11 heteroatoms. The van der Waals surface area contributed by atoms with Crippen molar-refractivity contribution in [1.82, 2.24) is 10.3 Å². The number of halogens is 1. The number of hydrogen-bond donors (Lipinski definition) is 5. The Kier molecular flexibility index (Phi) is 6.52. The number of carbonyl (C=O) groups excluding carboxylic acids is 1. The molecule has 10 nitrogen and oxygen atoms in total. The number of nitroso groups, excluding NO2 is 1. The fourth-order valence-electron chi connectivity index (χ4n) is 1.68. The maximum absolute atomic E-state index is 11.6. The second-order valence-corrected chi connectivity index (χ2v) is 4.47. The molecule has 0 aromatic heterocycles. The summed E-state index contributed by atoms with van der Waals surface area (Å²) in [5.74, 6) is -0.0339. The second kappa shape index (κ2) is 7.67. The minimum absolute atomic E-state index is 0.0339. The molecular formula is C9H16ClN3O7. The predicted octanol–water partition coefficient (Wildman–Crippen LogP) is -2.28. The van der Waals surface area contributed by atoms with Crippen molar-refractivity contribution >= 4 is 17.6 Å². The smallest absolute Gasteiger partial charge is 0.342 e. The molecule has 1 fully saturated rings. The Hall–Kier alpha value is -1.04. The number of ether oxygens (including phenoxy) is 1. The van der Waals surface area contributed by atoms with E-state index in [2.05, 4.69) is 10.6 Å². The molecule has 20 heavy (non-hydrogen) atoms. The van der Waals surface area contributed by atoms with Gasteiger partial charge in [-0.05, 0) is 0 Å². The highest BCUT2D eigenvalue weighted by Crippen LogP contribution is 2.19. The van der Waals surface area contributed by atoms with Crippen LogP contribution in [0.25, 0.3) is 0 Å². The van der Waals surface area contributed by atoms with E-state index in [0.717, 1.165) is 0 Å². The maximum Gasteiger partial charge on any atom is 0.342 e. The van der Waals surface area contributed by atoms with Crippen LogP contribution in [0.5, 0.6) is 0 Å². The van der Waals surface area contributed by atoms with Crippen molar-refractivity contribution in [1.29, 1.82) is 0 Å². The molecule has 1 heterocycles. The number of aliphatic hydroxyl groups excluding tert-OH is 4. The van der Waals surface area contributed by atoms with Gasteiger partial charge in [0, 0.05) is 5.88 Å². The van der Waals surface area contributed by atoms with Gasteiger partial charge in [0.15, 0.2) is 6.23 Å². The van der Waals surface area contributed by atoms with Gasteiger partial charge in [-0.3, -0.25) is 0 Å². The fraction of sp³-hybridized carbons (Fsp3) is 0.889. The lowest BCUT2D eigenvalue weighted by atomic mass is 9.98. The van der Waals surface area contributed by atoms with E-state index in [0.29, 0.717) is 5.01 Å². The standard InChI is InChI=1S/C9H16ClN3O7/c10-1-2-13(12-19)9(18)11-8-7(17)6(16)5(15)4(3-14)20-8/h4-8,14-17H,1-3H2,(H,11,18)/t4-,5+,6+,7-,8-/m1/s1. The number of alkyl halides is 1. The van der Waals surface area contributed by atoms with Crippen LogP contribution in [0.15, 0.2) is 5.29 Å². The summed E-state index contributed by atoms with van der Waals surface area (Å²) in [6, 6.07) is -0.995. The number of nitrogens with one attached hydrogen (secondary N) is 1. The molecule has 0 aromatic carbocycles. The van der Waals surface area contributed by atoms with Crippen LogP contribution in [0.1, 0.15) is 0 Å². The molecule has 5 atom stereocenters. The summed E-state index contributed by atoms with van der Waals surface area (Å²) in [5, 5.41) is 42.7. The SMILES string of the molecule is O=NN(CCCl)C(=O)N[C@@H]1O[C@H](CO)[C@H](O)[C@H](O)[C@H]1O. The van der Waals surface area contributed by atoms with Crippen LogP contribution in [0, 0.1) is 4.91 Å². The van der Waals surface area contributed by atoms with Crippen LogP contribution >= 0.6 is 11.6 Å². The van der Waals surface area contributed by atoms with Gasteiger partial charge in [-0.2, -0.15) is 5.01 Å². The molecule has 2 amide bonds. The Balaban J connectivity index is 2.70. The summed E-state index contributed by atoms with van der Waals surface area (Å²) in [6.07, 6.45) is -7.38. The highest BCUT2D eigenvalue weighted by molar-refractivity contribution is 6.18. The van der Waals surface area contributed by atoms with Crippen molar-refractivity contribution < 1.29 is 30.0 Å². The molecule has 1 saturated heterocycles. The number of amides is 2. The van der Waals surface area contributed by atoms with Gasteiger partial charge in [0.2, 0.25) is 0 Å². The molecule has 0 radical (unpaired) electrons. The Morgan fingerprint density at radius 3 is 2.45 bits per heavy atom. The zero-order valence-corrected chi connectivity index (χ0v) is 11.0. The van der Waals surface area contributed by atoms with Crippen LogP contribution in [-0.2, 0) is 4.74 Å². The lowest BCUT2D eigenvalue weighted by molar-refractivity contribution is -0.233. The molecule has 0 saturated carbocycles. The zero-order chi connectivity index (χ0) is 15.3. The molecular weight excluding hydrogens is 298 g/mol. The molecule has 0 aliphatic carbocycles. The molecule has 0 unspecified atom stereocenters. The Morgan fingerprint density at radius 1 is 1.30 bits per heavy atom. The number of nitrogens with zero attached hydrogens (tertiary/aromatic N) is 2. The Bertz CT molecular complexity index is 346. The first-order valence-electron chi connectivity index (χ1n) is 5.74. The van der Waals surface area contributed by atoms with Gasteiger partial charge in [-0.15, -0.1) is 16.5 Å². The average molecular weight is 314 g/mol. The van der Waals surface area contributed by atoms with Gasteiger partial charge in [0.25, 0.3) is 0 Å². The first-order valence-corrected chi connectivity index (χ1v) is 6.27. The summed E-state index contributed by atoms with van der Waals surface area (Å²) in [4.78, 5) is 22.0. The lowest BCUT2D eigenvalue weighted by Crippen LogP contribution is -2.64. The average Bonchev–Trinajstić information content (AvgIpc) is 2.45. The molecule has 0 aromatic rings. The molecule has 116 valence electrons. The van der Waals surface area contributed by atoms with Crippen LogP contribution in [0.4, 0.5) is 4.79 Å². The van der Waals surface area contributed by atoms with Crippen molar-refractivity contribution in [2.24, 2.45) is 5.29 Å². The monoisotopic (exact) mass is 313 g/mol. The summed E-state index contributed by atoms with van der Waals surface area (Å²) in [6.45, 7) is -0.789. The molecule has 1 aliphatic rings. The Labute approximate surface area is 118 Å². The van der Waals surface area contributed by atoms with Crippen LogP contribution < -0.4 is 5.32 Å². The van der Waals surface area contributed by atoms with E-state index in [1.54, 1.807) is 0 Å². The summed E-state index contributed by atoms with van der Waals surface area (Å²) in [5.41, 5.74) is 0. The number of carbonyl (C=O) groups is 1. The number of rotatable bonds is 5. The van der Waals surface area contributed by atoms with Crippen LogP contribution in [0.2, 0.25) is 0 Å². The topological polar surface area (TPSA) is 152 Å². The van der Waals surface area contributed by atoms with E-state index < -0.39 is 43.3 Å². The zero-order valence-electron chi connectivity index (χ0n) is 10.3. The minimum atomic E-state index is -1.64. The van der Waals surface area contributed by atoms with Gasteiger partial charge in [0.05, 0.1) is 18.4 Å². The van der Waals surface area contributed by atoms with E-state index in [1.807, 2.05) is 0 Å². The summed E-state index contributed by atoms with van der Waals surface area (Å²) in [7, 11) is 0. The van der Waals surface area contributed by atoms with E-state index in [9.17, 15) is 25.0 Å². The first-order chi connectivity index (χ1) is 9.46. The van der Waals surface area contributed by atoms with E-state index >= 15 is 0 Å². The second-order valence-electron chi connectivity index (χ2n) is 4.09. The van der Waals surface area contributed by atoms with E-state index in [-0.39, 0.29) is 12.4 Å². The third kappa shape index (κ3) is 3.75. The third-order valence-electron chi connectivity index (χ3n) is 2.79. The van der Waals surface area contributed by atoms with Crippen molar-refractivity contribution in [3.8, 4) is 0 Å². The largest absolute Gasteiger partial charge is 0.394 e. The van der Waals surface area contributed by atoms with Gasteiger partial charge < -0.3 is 30.5 Å². The highest BCUT2D eigenvalue weighted by Gasteiger charge is 2.44. The molecule has 1 rings (SSSR count). The maximum atomic E-state index is 11.6. The van der Waals surface area contributed by atoms with Gasteiger partial charge in [0.1, 0.15) is 24.4 Å². The summed E-state index contributed by atoms with van der Waals surface area (Å²) < 4.78 is 5.03. The van der Waals surface area contributed by atoms with Crippen LogP contribution in [0.3, 0.4) is 0 Å². The van der Waals surface area contributed by atoms with Gasteiger partial charge in [-0.25, -0.2) is 4.79 Å².